The van der Waals surface area contributed by atoms with Gasteiger partial charge in [0.2, 0.25) is 0 Å². The van der Waals surface area contributed by atoms with Crippen molar-refractivity contribution in [1.82, 2.24) is 4.90 Å². The lowest BCUT2D eigenvalue weighted by atomic mass is 9.91. The molecule has 2 fully saturated rings. The zero-order valence-electron chi connectivity index (χ0n) is 18.6. The number of benzene rings is 3. The van der Waals surface area contributed by atoms with Gasteiger partial charge in [-0.05, 0) is 79.1 Å². The van der Waals surface area contributed by atoms with Gasteiger partial charge in [0, 0.05) is 23.7 Å². The molecule has 2 bridgehead atoms. The van der Waals surface area contributed by atoms with Gasteiger partial charge in [0.05, 0.1) is 5.56 Å². The van der Waals surface area contributed by atoms with Gasteiger partial charge in [-0.1, -0.05) is 42.0 Å². The Balaban J connectivity index is 1.60. The maximum atomic E-state index is 14.5. The molecule has 3 aromatic rings. The van der Waals surface area contributed by atoms with Crippen molar-refractivity contribution >= 4 is 5.91 Å². The summed E-state index contributed by atoms with van der Waals surface area (Å²) in [6.07, 6.45) is 3.69. The minimum Gasteiger partial charge on any atom is -0.333 e. The normalized spacial score (nSPS) is 21.6. The molecule has 1 amide bonds. The number of hydrogen-bond donors (Lipinski definition) is 1. The highest BCUT2D eigenvalue weighted by Gasteiger charge is 2.42. The molecule has 0 aliphatic carbocycles. The third-order valence-corrected chi connectivity index (χ3v) is 7.03. The highest BCUT2D eigenvalue weighted by atomic mass is 19.1. The van der Waals surface area contributed by atoms with Gasteiger partial charge in [-0.25, -0.2) is 4.39 Å². The summed E-state index contributed by atoms with van der Waals surface area (Å²) in [4.78, 5) is 15.6. The summed E-state index contributed by atoms with van der Waals surface area (Å²) in [7, 11) is 0. The number of halogens is 1. The number of aryl methyl sites for hydroxylation is 1. The number of rotatable bonds is 3. The molecule has 5 rings (SSSR count). The molecule has 3 atom stereocenters. The fourth-order valence-electron chi connectivity index (χ4n) is 5.37. The minimum atomic E-state index is -0.565. The van der Waals surface area contributed by atoms with E-state index >= 15 is 0 Å². The lowest BCUT2D eigenvalue weighted by Gasteiger charge is -2.38. The summed E-state index contributed by atoms with van der Waals surface area (Å²) < 4.78 is 14.5. The molecular formula is C28H26FN3O. The maximum Gasteiger partial charge on any atom is 0.254 e. The van der Waals surface area contributed by atoms with E-state index in [1.54, 1.807) is 6.07 Å². The highest BCUT2D eigenvalue weighted by molar-refractivity contribution is 5.98. The molecule has 2 saturated heterocycles. The third-order valence-electron chi connectivity index (χ3n) is 7.03. The smallest absolute Gasteiger partial charge is 0.254 e. The molecule has 0 aromatic heterocycles. The van der Waals surface area contributed by atoms with Crippen LogP contribution in [0, 0.1) is 24.1 Å². The average Bonchev–Trinajstić information content (AvgIpc) is 3.09. The molecule has 5 heteroatoms. The molecule has 0 spiro atoms. The Hall–Kier alpha value is -3.49. The van der Waals surface area contributed by atoms with Gasteiger partial charge in [0.15, 0.2) is 0 Å². The third kappa shape index (κ3) is 3.92. The SMILES string of the molecule is Cc1ccc(-c2ccc(C(=O)N3[C@@H]4CC[C@H]3C[C@@H](N)C4)cc2-c2ccc(C#N)c(F)c2)cc1. The van der Waals surface area contributed by atoms with Gasteiger partial charge in [-0.3, -0.25) is 4.79 Å². The largest absolute Gasteiger partial charge is 0.333 e. The molecule has 0 saturated carbocycles. The second-order valence-corrected chi connectivity index (χ2v) is 9.26. The molecule has 4 nitrogen and oxygen atoms in total. The quantitative estimate of drug-likeness (QED) is 0.591. The van der Waals surface area contributed by atoms with Crippen LogP contribution < -0.4 is 5.73 Å². The first-order chi connectivity index (χ1) is 15.9. The molecule has 3 aromatic carbocycles. The van der Waals surface area contributed by atoms with Crippen molar-refractivity contribution in [3.05, 3.63) is 83.2 Å². The van der Waals surface area contributed by atoms with Crippen molar-refractivity contribution < 1.29 is 9.18 Å². The zero-order valence-corrected chi connectivity index (χ0v) is 18.6. The Kier molecular flexibility index (Phi) is 5.47. The van der Waals surface area contributed by atoms with Crippen LogP contribution in [-0.2, 0) is 0 Å². The Morgan fingerprint density at radius 2 is 1.64 bits per heavy atom. The van der Waals surface area contributed by atoms with Crippen molar-refractivity contribution in [3.63, 3.8) is 0 Å². The fourth-order valence-corrected chi connectivity index (χ4v) is 5.37. The molecule has 2 aliphatic rings. The first-order valence-corrected chi connectivity index (χ1v) is 11.4. The van der Waals surface area contributed by atoms with Crippen LogP contribution in [0.4, 0.5) is 4.39 Å². The summed E-state index contributed by atoms with van der Waals surface area (Å²) in [6.45, 7) is 2.03. The number of amides is 1. The summed E-state index contributed by atoms with van der Waals surface area (Å²) in [5.74, 6) is -0.551. The van der Waals surface area contributed by atoms with Crippen LogP contribution in [0.15, 0.2) is 60.7 Å². The number of nitriles is 1. The Bertz CT molecular complexity index is 1250. The van der Waals surface area contributed by atoms with Gasteiger partial charge < -0.3 is 10.6 Å². The zero-order chi connectivity index (χ0) is 23.1. The number of piperidine rings is 1. The molecular weight excluding hydrogens is 413 g/mol. The van der Waals surface area contributed by atoms with Crippen LogP contribution in [0.25, 0.3) is 22.3 Å². The topological polar surface area (TPSA) is 70.1 Å². The predicted molar refractivity (Wildman–Crippen MR) is 127 cm³/mol. The van der Waals surface area contributed by atoms with Crippen LogP contribution in [0.5, 0.6) is 0 Å². The van der Waals surface area contributed by atoms with Crippen LogP contribution in [0.3, 0.4) is 0 Å². The second-order valence-electron chi connectivity index (χ2n) is 9.26. The van der Waals surface area contributed by atoms with Crippen molar-refractivity contribution in [2.45, 2.75) is 50.7 Å². The first-order valence-electron chi connectivity index (χ1n) is 11.4. The molecule has 2 aliphatic heterocycles. The molecule has 166 valence electrons. The van der Waals surface area contributed by atoms with Crippen molar-refractivity contribution in [3.8, 4) is 28.3 Å². The molecule has 0 unspecified atom stereocenters. The highest BCUT2D eigenvalue weighted by Crippen LogP contribution is 2.38. The standard InChI is InChI=1S/C28H26FN3O/c1-17-2-4-18(5-3-17)25-11-8-20(12-26(25)19-6-7-21(16-30)27(29)13-19)28(33)32-23-9-10-24(32)15-22(31)14-23/h2-8,11-13,22-24H,9-10,14-15,31H2,1H3/t22-,23+,24-. The number of carbonyl (C=O) groups excluding carboxylic acids is 1. The van der Waals surface area contributed by atoms with Crippen LogP contribution in [0.1, 0.15) is 47.2 Å². The van der Waals surface area contributed by atoms with E-state index in [4.69, 9.17) is 11.0 Å². The van der Waals surface area contributed by atoms with E-state index in [1.165, 1.54) is 12.1 Å². The van der Waals surface area contributed by atoms with Crippen molar-refractivity contribution in [2.24, 2.45) is 5.73 Å². The average molecular weight is 440 g/mol. The lowest BCUT2D eigenvalue weighted by Crippen LogP contribution is -2.50. The van der Waals surface area contributed by atoms with Crippen LogP contribution >= 0.6 is 0 Å². The maximum absolute atomic E-state index is 14.5. The van der Waals surface area contributed by atoms with Gasteiger partial charge in [-0.15, -0.1) is 0 Å². The van der Waals surface area contributed by atoms with E-state index < -0.39 is 5.82 Å². The van der Waals surface area contributed by atoms with Gasteiger partial charge in [-0.2, -0.15) is 5.26 Å². The first kappa shape index (κ1) is 21.4. The Morgan fingerprint density at radius 3 is 2.27 bits per heavy atom. The number of nitrogens with two attached hydrogens (primary N) is 1. The second kappa shape index (κ2) is 8.46. The van der Waals surface area contributed by atoms with Crippen molar-refractivity contribution in [1.29, 1.82) is 5.26 Å². The number of fused-ring (bicyclic) bond motifs is 2. The van der Waals surface area contributed by atoms with Crippen LogP contribution in [0.2, 0.25) is 0 Å². The summed E-state index contributed by atoms with van der Waals surface area (Å²) in [5, 5.41) is 9.12. The van der Waals surface area contributed by atoms with Gasteiger partial charge in [0.25, 0.3) is 5.91 Å². The lowest BCUT2D eigenvalue weighted by molar-refractivity contribution is 0.0575. The van der Waals surface area contributed by atoms with E-state index in [2.05, 4.69) is 0 Å². The Morgan fingerprint density at radius 1 is 0.970 bits per heavy atom. The van der Waals surface area contributed by atoms with Crippen LogP contribution in [-0.4, -0.2) is 28.9 Å². The summed E-state index contributed by atoms with van der Waals surface area (Å²) in [5.41, 5.74) is 11.3. The van der Waals surface area contributed by atoms with Gasteiger partial charge >= 0.3 is 0 Å². The number of nitrogens with zero attached hydrogens (tertiary/aromatic N) is 2. The monoisotopic (exact) mass is 439 g/mol. The van der Waals surface area contributed by atoms with Gasteiger partial charge in [0.1, 0.15) is 11.9 Å². The number of carbonyl (C=O) groups is 1. The fraction of sp³-hybridized carbons (Fsp3) is 0.286. The Labute approximate surface area is 193 Å². The molecule has 33 heavy (non-hydrogen) atoms. The summed E-state index contributed by atoms with van der Waals surface area (Å²) >= 11 is 0. The predicted octanol–water partition coefficient (Wildman–Crippen LogP) is 5.43. The van der Waals surface area contributed by atoms with E-state index in [9.17, 15) is 9.18 Å². The minimum absolute atomic E-state index is 0.00379. The molecule has 0 radical (unpaired) electrons. The summed E-state index contributed by atoms with van der Waals surface area (Å²) in [6, 6.07) is 20.8. The van der Waals surface area contributed by atoms with E-state index in [1.807, 2.05) is 60.4 Å². The van der Waals surface area contributed by atoms with Crippen molar-refractivity contribution in [2.75, 3.05) is 0 Å². The van der Waals surface area contributed by atoms with E-state index in [0.717, 1.165) is 47.9 Å². The van der Waals surface area contributed by atoms with E-state index in [-0.39, 0.29) is 29.6 Å². The van der Waals surface area contributed by atoms with E-state index in [0.29, 0.717) is 11.1 Å². The molecule has 2 heterocycles. The molecule has 2 N–H and O–H groups in total. The number of hydrogen-bond acceptors (Lipinski definition) is 3.